The Hall–Kier alpha value is -2.52. The predicted molar refractivity (Wildman–Crippen MR) is 56.1 cm³/mol. The van der Waals surface area contributed by atoms with Crippen LogP contribution in [-0.2, 0) is 13.6 Å². The number of nitrogens with one attached hydrogen (secondary N) is 2. The van der Waals surface area contributed by atoms with Gasteiger partial charge >= 0.3 is 5.69 Å². The van der Waals surface area contributed by atoms with Crippen LogP contribution < -0.4 is 5.32 Å². The molecule has 0 amide bonds. The number of hydrogen-bond acceptors (Lipinski definition) is 7. The number of tetrazole rings is 1. The van der Waals surface area contributed by atoms with E-state index in [0.717, 1.165) is 0 Å². The van der Waals surface area contributed by atoms with Crippen molar-refractivity contribution >= 4 is 11.5 Å². The summed E-state index contributed by atoms with van der Waals surface area (Å²) in [5, 5.41) is 30.9. The maximum atomic E-state index is 10.9. The van der Waals surface area contributed by atoms with Gasteiger partial charge in [-0.2, -0.15) is 10.3 Å². The van der Waals surface area contributed by atoms with Gasteiger partial charge < -0.3 is 5.32 Å². The van der Waals surface area contributed by atoms with Crippen molar-refractivity contribution < 1.29 is 4.92 Å². The third-order valence-electron chi connectivity index (χ3n) is 2.18. The molecule has 17 heavy (non-hydrogen) atoms. The molecule has 2 N–H and O–H groups in total. The van der Waals surface area contributed by atoms with Gasteiger partial charge in [-0.1, -0.05) is 5.21 Å². The Balaban J connectivity index is 2.23. The summed E-state index contributed by atoms with van der Waals surface area (Å²) in [5.74, 6) is 0.732. The highest BCUT2D eigenvalue weighted by Crippen LogP contribution is 2.27. The highest BCUT2D eigenvalue weighted by atomic mass is 16.6. The first-order valence-electron chi connectivity index (χ1n) is 4.73. The van der Waals surface area contributed by atoms with Crippen LogP contribution in [0.5, 0.6) is 0 Å². The summed E-state index contributed by atoms with van der Waals surface area (Å²) in [6, 6.07) is 0. The number of hydrogen-bond donors (Lipinski definition) is 2. The van der Waals surface area contributed by atoms with Gasteiger partial charge in [-0.3, -0.25) is 10.1 Å². The van der Waals surface area contributed by atoms with Crippen LogP contribution in [-0.4, -0.2) is 35.3 Å². The van der Waals surface area contributed by atoms with E-state index >= 15 is 0 Å². The molecule has 2 aromatic rings. The van der Waals surface area contributed by atoms with Crippen molar-refractivity contribution in [3.63, 3.8) is 0 Å². The summed E-state index contributed by atoms with van der Waals surface area (Å²) < 4.78 is 1.41. The van der Waals surface area contributed by atoms with E-state index < -0.39 is 4.92 Å². The van der Waals surface area contributed by atoms with Crippen molar-refractivity contribution in [3.05, 3.63) is 21.6 Å². The standard InChI is InChI=1S/C7H10N8O2/c1-4-6(15(16)17)7(14(2)11-4)8-3-5-9-12-13-10-5/h8H,3H2,1-2H3,(H,9,10,12,13). The van der Waals surface area contributed by atoms with E-state index in [0.29, 0.717) is 17.3 Å². The number of aromatic nitrogens is 6. The summed E-state index contributed by atoms with van der Waals surface area (Å²) in [6.07, 6.45) is 0. The van der Waals surface area contributed by atoms with Gasteiger partial charge in [0.2, 0.25) is 5.82 Å². The quantitative estimate of drug-likeness (QED) is 0.555. The van der Waals surface area contributed by atoms with Crippen LogP contribution in [0, 0.1) is 17.0 Å². The van der Waals surface area contributed by atoms with Gasteiger partial charge in [0.25, 0.3) is 0 Å². The lowest BCUT2D eigenvalue weighted by Gasteiger charge is -2.02. The molecule has 2 aromatic heterocycles. The van der Waals surface area contributed by atoms with Crippen molar-refractivity contribution in [3.8, 4) is 0 Å². The van der Waals surface area contributed by atoms with Crippen LogP contribution in [0.15, 0.2) is 0 Å². The average molecular weight is 238 g/mol. The second kappa shape index (κ2) is 4.15. The fourth-order valence-electron chi connectivity index (χ4n) is 1.48. The van der Waals surface area contributed by atoms with Gasteiger partial charge in [0.05, 0.1) is 11.5 Å². The molecule has 2 heterocycles. The summed E-state index contributed by atoms with van der Waals surface area (Å²) in [5.41, 5.74) is 0.309. The van der Waals surface area contributed by atoms with Crippen LogP contribution >= 0.6 is 0 Å². The maximum Gasteiger partial charge on any atom is 0.333 e. The number of aromatic amines is 1. The third-order valence-corrected chi connectivity index (χ3v) is 2.18. The second-order valence-corrected chi connectivity index (χ2v) is 3.34. The van der Waals surface area contributed by atoms with E-state index in [1.807, 2.05) is 0 Å². The van der Waals surface area contributed by atoms with E-state index in [2.05, 4.69) is 31.0 Å². The maximum absolute atomic E-state index is 10.9. The first kappa shape index (κ1) is 11.0. The Bertz CT molecular complexity index is 530. The molecule has 0 atom stereocenters. The van der Waals surface area contributed by atoms with Gasteiger partial charge in [0, 0.05) is 7.05 Å². The summed E-state index contributed by atoms with van der Waals surface area (Å²) >= 11 is 0. The van der Waals surface area contributed by atoms with Gasteiger partial charge in [-0.25, -0.2) is 4.68 Å². The Labute approximate surface area is 95.2 Å². The van der Waals surface area contributed by atoms with E-state index in [-0.39, 0.29) is 12.2 Å². The molecule has 0 unspecified atom stereocenters. The fourth-order valence-corrected chi connectivity index (χ4v) is 1.48. The van der Waals surface area contributed by atoms with Crippen LogP contribution in [0.1, 0.15) is 11.5 Å². The minimum atomic E-state index is -0.471. The Morgan fingerprint density at radius 1 is 1.59 bits per heavy atom. The molecule has 0 aromatic carbocycles. The summed E-state index contributed by atoms with van der Waals surface area (Å²) in [6.45, 7) is 1.81. The molecule has 0 aliphatic rings. The third kappa shape index (κ3) is 2.04. The van der Waals surface area contributed by atoms with E-state index in [9.17, 15) is 10.1 Å². The average Bonchev–Trinajstić information content (AvgIpc) is 2.83. The molecule has 0 bridgehead atoms. The Morgan fingerprint density at radius 2 is 2.35 bits per heavy atom. The lowest BCUT2D eigenvalue weighted by Crippen LogP contribution is -2.07. The predicted octanol–water partition coefficient (Wildman–Crippen LogP) is -0.238. The SMILES string of the molecule is Cc1nn(C)c(NCc2nn[nH]n2)c1[N+](=O)[O-]. The molecule has 2 rings (SSSR count). The molecule has 0 radical (unpaired) electrons. The molecular formula is C7H10N8O2. The number of aryl methyl sites for hydroxylation is 2. The number of anilines is 1. The minimum absolute atomic E-state index is 0.0454. The van der Waals surface area contributed by atoms with Crippen molar-refractivity contribution in [2.75, 3.05) is 5.32 Å². The number of nitro groups is 1. The topological polar surface area (TPSA) is 127 Å². The molecule has 0 saturated carbocycles. The smallest absolute Gasteiger partial charge is 0.333 e. The van der Waals surface area contributed by atoms with Crippen molar-refractivity contribution in [1.82, 2.24) is 30.4 Å². The highest BCUT2D eigenvalue weighted by Gasteiger charge is 2.23. The minimum Gasteiger partial charge on any atom is -0.357 e. The molecule has 0 aliphatic heterocycles. The van der Waals surface area contributed by atoms with Crippen molar-refractivity contribution in [2.24, 2.45) is 7.05 Å². The van der Waals surface area contributed by atoms with Gasteiger partial charge in [-0.15, -0.1) is 10.2 Å². The summed E-state index contributed by atoms with van der Waals surface area (Å²) in [7, 11) is 1.62. The van der Waals surface area contributed by atoms with Gasteiger partial charge in [0.1, 0.15) is 5.69 Å². The fraction of sp³-hybridized carbons (Fsp3) is 0.429. The molecule has 90 valence electrons. The molecule has 0 spiro atoms. The van der Waals surface area contributed by atoms with Crippen molar-refractivity contribution in [2.45, 2.75) is 13.5 Å². The second-order valence-electron chi connectivity index (χ2n) is 3.34. The highest BCUT2D eigenvalue weighted by molar-refractivity contribution is 5.59. The van der Waals surface area contributed by atoms with E-state index in [1.54, 1.807) is 14.0 Å². The zero-order valence-electron chi connectivity index (χ0n) is 9.21. The first-order chi connectivity index (χ1) is 8.09. The van der Waals surface area contributed by atoms with Crippen LogP contribution in [0.3, 0.4) is 0 Å². The number of nitrogens with zero attached hydrogens (tertiary/aromatic N) is 6. The first-order valence-corrected chi connectivity index (χ1v) is 4.73. The van der Waals surface area contributed by atoms with Crippen molar-refractivity contribution in [1.29, 1.82) is 0 Å². The zero-order chi connectivity index (χ0) is 12.4. The lowest BCUT2D eigenvalue weighted by atomic mass is 10.4. The molecule has 0 fully saturated rings. The molecule has 0 aliphatic carbocycles. The number of H-pyrrole nitrogens is 1. The zero-order valence-corrected chi connectivity index (χ0v) is 9.21. The monoisotopic (exact) mass is 238 g/mol. The Morgan fingerprint density at radius 3 is 2.94 bits per heavy atom. The molecule has 0 saturated heterocycles. The summed E-state index contributed by atoms with van der Waals surface area (Å²) in [4.78, 5) is 10.4. The Kier molecular flexibility index (Phi) is 2.68. The molecule has 10 nitrogen and oxygen atoms in total. The van der Waals surface area contributed by atoms with E-state index in [4.69, 9.17) is 0 Å². The molecule has 10 heteroatoms. The number of rotatable bonds is 4. The molecular weight excluding hydrogens is 228 g/mol. The lowest BCUT2D eigenvalue weighted by molar-refractivity contribution is -0.384. The van der Waals surface area contributed by atoms with Gasteiger partial charge in [-0.05, 0) is 6.92 Å². The van der Waals surface area contributed by atoms with Crippen LogP contribution in [0.25, 0.3) is 0 Å². The normalized spacial score (nSPS) is 10.5. The van der Waals surface area contributed by atoms with E-state index in [1.165, 1.54) is 4.68 Å². The largest absolute Gasteiger partial charge is 0.357 e. The van der Waals surface area contributed by atoms with Gasteiger partial charge in [0.15, 0.2) is 5.82 Å². The van der Waals surface area contributed by atoms with Crippen LogP contribution in [0.4, 0.5) is 11.5 Å². The van der Waals surface area contributed by atoms with Crippen LogP contribution in [0.2, 0.25) is 0 Å².